The number of nitrogens with one attached hydrogen (secondary N) is 1. The molecule has 1 amide bonds. The van der Waals surface area contributed by atoms with Gasteiger partial charge in [-0.25, -0.2) is 0 Å². The van der Waals surface area contributed by atoms with Crippen molar-refractivity contribution in [2.45, 2.75) is 38.8 Å². The number of nitrogens with zero attached hydrogens (tertiary/aromatic N) is 1. The summed E-state index contributed by atoms with van der Waals surface area (Å²) in [5.74, 6) is 0.731. The summed E-state index contributed by atoms with van der Waals surface area (Å²) < 4.78 is 0. The molecule has 3 aliphatic heterocycles. The quantitative estimate of drug-likeness (QED) is 0.918. The van der Waals surface area contributed by atoms with Crippen molar-refractivity contribution in [3.05, 3.63) is 46.8 Å². The Morgan fingerprint density at radius 1 is 1.12 bits per heavy atom. The molecule has 3 nitrogen and oxygen atoms in total. The lowest BCUT2D eigenvalue weighted by Gasteiger charge is -2.49. The van der Waals surface area contributed by atoms with Crippen LogP contribution in [0.5, 0.6) is 0 Å². The fourth-order valence-electron chi connectivity index (χ4n) is 4.10. The minimum absolute atomic E-state index is 0.0870. The first-order valence-electron chi connectivity index (χ1n) is 8.83. The molecule has 5 rings (SSSR count). The maximum absolute atomic E-state index is 12.7. The van der Waals surface area contributed by atoms with Crippen molar-refractivity contribution < 1.29 is 4.79 Å². The summed E-state index contributed by atoms with van der Waals surface area (Å²) in [5, 5.41) is 3.32. The Morgan fingerprint density at radius 3 is 2.50 bits per heavy atom. The Bertz CT molecular complexity index is 726. The number of rotatable bonds is 3. The standard InChI is InChI=1S/C20H24N2OS/c1-13-3-5-15(6-4-13)17-7-8-18(24-17)20(23)21-19-14(2)22-11-9-16(19)10-12-22/h3-8,14,16,19H,9-12H2,1-2H3,(H,21,23)/t14-,19-/m0/s1. The molecule has 4 heterocycles. The molecule has 2 atom stereocenters. The molecule has 0 aliphatic carbocycles. The Labute approximate surface area is 147 Å². The number of piperidine rings is 3. The number of carbonyl (C=O) groups excluding carboxylic acids is 1. The molecule has 1 N–H and O–H groups in total. The first-order valence-corrected chi connectivity index (χ1v) is 9.65. The third kappa shape index (κ3) is 2.89. The maximum Gasteiger partial charge on any atom is 0.261 e. The molecule has 0 saturated carbocycles. The van der Waals surface area contributed by atoms with Crippen molar-refractivity contribution in [2.24, 2.45) is 5.92 Å². The molecule has 0 radical (unpaired) electrons. The number of benzene rings is 1. The van der Waals surface area contributed by atoms with Gasteiger partial charge in [0.2, 0.25) is 0 Å². The number of hydrogen-bond acceptors (Lipinski definition) is 3. The minimum Gasteiger partial charge on any atom is -0.347 e. The van der Waals surface area contributed by atoms with Crippen molar-refractivity contribution in [1.82, 2.24) is 10.2 Å². The number of aryl methyl sites for hydroxylation is 1. The summed E-state index contributed by atoms with van der Waals surface area (Å²) in [4.78, 5) is 17.2. The normalized spacial score (nSPS) is 28.8. The van der Waals surface area contributed by atoms with Crippen LogP contribution in [-0.4, -0.2) is 36.0 Å². The van der Waals surface area contributed by atoms with Gasteiger partial charge in [-0.05, 0) is 63.4 Å². The van der Waals surface area contributed by atoms with E-state index in [1.54, 1.807) is 11.3 Å². The second-order valence-corrected chi connectivity index (χ2v) is 8.23. The van der Waals surface area contributed by atoms with Crippen LogP contribution >= 0.6 is 11.3 Å². The lowest BCUT2D eigenvalue weighted by molar-refractivity contribution is 0.0218. The van der Waals surface area contributed by atoms with Gasteiger partial charge in [0.05, 0.1) is 4.88 Å². The number of amides is 1. The van der Waals surface area contributed by atoms with Crippen LogP contribution < -0.4 is 5.32 Å². The molecular formula is C20H24N2OS. The Hall–Kier alpha value is -1.65. The van der Waals surface area contributed by atoms with E-state index in [2.05, 4.69) is 54.4 Å². The van der Waals surface area contributed by atoms with Gasteiger partial charge in [-0.1, -0.05) is 29.8 Å². The zero-order valence-corrected chi connectivity index (χ0v) is 15.1. The zero-order valence-electron chi connectivity index (χ0n) is 14.3. The molecule has 4 heteroatoms. The largest absolute Gasteiger partial charge is 0.347 e. The molecule has 0 unspecified atom stereocenters. The van der Waals surface area contributed by atoms with Crippen LogP contribution in [-0.2, 0) is 0 Å². The zero-order chi connectivity index (χ0) is 16.7. The SMILES string of the molecule is Cc1ccc(-c2ccc(C(=O)N[C@@H]3C4CCN(CC4)[C@H]3C)s2)cc1. The molecule has 3 aliphatic rings. The lowest BCUT2D eigenvalue weighted by Crippen LogP contribution is -2.62. The van der Waals surface area contributed by atoms with Gasteiger partial charge in [0.25, 0.3) is 5.91 Å². The number of thiophene rings is 1. The fraction of sp³-hybridized carbons (Fsp3) is 0.450. The van der Waals surface area contributed by atoms with Crippen molar-refractivity contribution >= 4 is 17.2 Å². The van der Waals surface area contributed by atoms with Crippen LogP contribution in [0.25, 0.3) is 10.4 Å². The van der Waals surface area contributed by atoms with Crippen molar-refractivity contribution in [3.63, 3.8) is 0 Å². The van der Waals surface area contributed by atoms with Crippen molar-refractivity contribution in [2.75, 3.05) is 13.1 Å². The van der Waals surface area contributed by atoms with E-state index in [-0.39, 0.29) is 5.91 Å². The highest BCUT2D eigenvalue weighted by molar-refractivity contribution is 7.17. The van der Waals surface area contributed by atoms with Crippen LogP contribution in [0.2, 0.25) is 0 Å². The second kappa shape index (κ2) is 6.34. The van der Waals surface area contributed by atoms with E-state index >= 15 is 0 Å². The van der Waals surface area contributed by atoms with Gasteiger partial charge in [-0.2, -0.15) is 0 Å². The highest BCUT2D eigenvalue weighted by Crippen LogP contribution is 2.33. The van der Waals surface area contributed by atoms with Crippen LogP contribution in [0.15, 0.2) is 36.4 Å². The van der Waals surface area contributed by atoms with E-state index in [0.29, 0.717) is 18.0 Å². The number of hydrogen-bond donors (Lipinski definition) is 1. The Balaban J connectivity index is 1.48. The Morgan fingerprint density at radius 2 is 1.83 bits per heavy atom. The summed E-state index contributed by atoms with van der Waals surface area (Å²) in [6, 6.07) is 13.2. The second-order valence-electron chi connectivity index (χ2n) is 7.14. The first-order chi connectivity index (χ1) is 11.6. The van der Waals surface area contributed by atoms with Gasteiger partial charge in [-0.3, -0.25) is 9.69 Å². The topological polar surface area (TPSA) is 32.3 Å². The van der Waals surface area contributed by atoms with Crippen LogP contribution in [0.1, 0.15) is 35.0 Å². The molecule has 1 aromatic carbocycles. The van der Waals surface area contributed by atoms with Gasteiger partial charge < -0.3 is 5.32 Å². The molecule has 126 valence electrons. The van der Waals surface area contributed by atoms with E-state index < -0.39 is 0 Å². The third-order valence-electron chi connectivity index (χ3n) is 5.64. The first kappa shape index (κ1) is 15.9. The summed E-state index contributed by atoms with van der Waals surface area (Å²) in [6.45, 7) is 6.72. The minimum atomic E-state index is 0.0870. The third-order valence-corrected chi connectivity index (χ3v) is 6.77. The van der Waals surface area contributed by atoms with Crippen molar-refractivity contribution in [3.8, 4) is 10.4 Å². The maximum atomic E-state index is 12.7. The molecule has 1 aromatic heterocycles. The molecule has 2 aromatic rings. The number of fused-ring (bicyclic) bond motifs is 3. The van der Waals surface area contributed by atoms with Gasteiger partial charge in [-0.15, -0.1) is 11.3 Å². The van der Waals surface area contributed by atoms with Crippen LogP contribution in [0, 0.1) is 12.8 Å². The van der Waals surface area contributed by atoms with Gasteiger partial charge in [0.15, 0.2) is 0 Å². The van der Waals surface area contributed by atoms with Gasteiger partial charge in [0.1, 0.15) is 0 Å². The Kier molecular flexibility index (Phi) is 4.19. The average molecular weight is 340 g/mol. The van der Waals surface area contributed by atoms with Crippen LogP contribution in [0.3, 0.4) is 0 Å². The molecule has 0 spiro atoms. The predicted molar refractivity (Wildman–Crippen MR) is 99.5 cm³/mol. The summed E-state index contributed by atoms with van der Waals surface area (Å²) >= 11 is 1.58. The molecule has 3 fully saturated rings. The monoisotopic (exact) mass is 340 g/mol. The van der Waals surface area contributed by atoms with E-state index in [1.807, 2.05) is 6.07 Å². The molecular weight excluding hydrogens is 316 g/mol. The van der Waals surface area contributed by atoms with Crippen LogP contribution in [0.4, 0.5) is 0 Å². The summed E-state index contributed by atoms with van der Waals surface area (Å²) in [6.07, 6.45) is 2.43. The predicted octanol–water partition coefficient (Wildman–Crippen LogP) is 3.94. The van der Waals surface area contributed by atoms with Gasteiger partial charge >= 0.3 is 0 Å². The van der Waals surface area contributed by atoms with E-state index in [1.165, 1.54) is 37.1 Å². The summed E-state index contributed by atoms with van der Waals surface area (Å²) in [7, 11) is 0. The van der Waals surface area contributed by atoms with Crippen molar-refractivity contribution in [1.29, 1.82) is 0 Å². The summed E-state index contributed by atoms with van der Waals surface area (Å²) in [5.41, 5.74) is 2.44. The lowest BCUT2D eigenvalue weighted by atomic mass is 9.79. The van der Waals surface area contributed by atoms with E-state index in [4.69, 9.17) is 0 Å². The fourth-order valence-corrected chi connectivity index (χ4v) is 5.02. The molecule has 3 saturated heterocycles. The van der Waals surface area contributed by atoms with Gasteiger partial charge in [0, 0.05) is 17.0 Å². The highest BCUT2D eigenvalue weighted by atomic mass is 32.1. The molecule has 2 bridgehead atoms. The smallest absolute Gasteiger partial charge is 0.261 e. The van der Waals surface area contributed by atoms with E-state index in [0.717, 1.165) is 9.75 Å². The van der Waals surface area contributed by atoms with E-state index in [9.17, 15) is 4.79 Å². The molecule has 24 heavy (non-hydrogen) atoms. The highest BCUT2D eigenvalue weighted by Gasteiger charge is 2.40. The average Bonchev–Trinajstić information content (AvgIpc) is 3.09. The number of carbonyl (C=O) groups is 1.